The van der Waals surface area contributed by atoms with Crippen LogP contribution in [-0.2, 0) is 0 Å². The summed E-state index contributed by atoms with van der Waals surface area (Å²) in [6.45, 7) is 1.90. The Morgan fingerprint density at radius 2 is 1.55 bits per heavy atom. The third kappa shape index (κ3) is 3.69. The molecule has 116 valence electrons. The summed E-state index contributed by atoms with van der Waals surface area (Å²) in [5, 5.41) is 5.67. The van der Waals surface area contributed by atoms with E-state index in [1.54, 1.807) is 26.4 Å². The number of urea groups is 1. The maximum atomic E-state index is 12.1. The number of carbonyl (C=O) groups excluding carboxylic acids is 1. The number of anilines is 1. The summed E-state index contributed by atoms with van der Waals surface area (Å²) in [7, 11) is 3.18. The normalized spacial score (nSPS) is 11.4. The van der Waals surface area contributed by atoms with Crippen LogP contribution in [-0.4, -0.2) is 20.3 Å². The summed E-state index contributed by atoms with van der Waals surface area (Å²) in [4.78, 5) is 12.1. The van der Waals surface area contributed by atoms with Crippen molar-refractivity contribution in [2.75, 3.05) is 19.5 Å². The number of benzene rings is 2. The zero-order valence-electron chi connectivity index (χ0n) is 12.9. The Morgan fingerprint density at radius 3 is 2.23 bits per heavy atom. The fourth-order valence-corrected chi connectivity index (χ4v) is 2.20. The van der Waals surface area contributed by atoms with Crippen molar-refractivity contribution < 1.29 is 14.3 Å². The van der Waals surface area contributed by atoms with Crippen LogP contribution in [0.5, 0.6) is 11.5 Å². The molecule has 22 heavy (non-hydrogen) atoms. The number of nitrogens with one attached hydrogen (secondary N) is 2. The van der Waals surface area contributed by atoms with Gasteiger partial charge in [-0.2, -0.15) is 0 Å². The highest BCUT2D eigenvalue weighted by molar-refractivity contribution is 5.91. The number of para-hydroxylation sites is 3. The van der Waals surface area contributed by atoms with Crippen molar-refractivity contribution in [1.29, 1.82) is 0 Å². The molecule has 5 nitrogen and oxygen atoms in total. The summed E-state index contributed by atoms with van der Waals surface area (Å²) in [6, 6.07) is 14.4. The summed E-state index contributed by atoms with van der Waals surface area (Å²) >= 11 is 0. The van der Waals surface area contributed by atoms with Gasteiger partial charge in [-0.1, -0.05) is 30.3 Å². The standard InChI is InChI=1S/C17H20N2O3/c1-12(13-8-4-6-10-15(13)21-2)18-17(20)19-14-9-5-7-11-16(14)22-3/h4-12H,1-3H3,(H2,18,19,20)/t12-/m1/s1. The van der Waals surface area contributed by atoms with Gasteiger partial charge in [-0.25, -0.2) is 4.79 Å². The van der Waals surface area contributed by atoms with Crippen molar-refractivity contribution in [3.63, 3.8) is 0 Å². The Labute approximate surface area is 130 Å². The predicted octanol–water partition coefficient (Wildman–Crippen LogP) is 3.59. The lowest BCUT2D eigenvalue weighted by Crippen LogP contribution is -2.31. The average molecular weight is 300 g/mol. The second kappa shape index (κ2) is 7.36. The maximum Gasteiger partial charge on any atom is 0.319 e. The van der Waals surface area contributed by atoms with Crippen LogP contribution in [0, 0.1) is 0 Å². The quantitative estimate of drug-likeness (QED) is 0.887. The highest BCUT2D eigenvalue weighted by atomic mass is 16.5. The first-order chi connectivity index (χ1) is 10.7. The molecule has 5 heteroatoms. The van der Waals surface area contributed by atoms with Gasteiger partial charge in [0.2, 0.25) is 0 Å². The van der Waals surface area contributed by atoms with E-state index in [-0.39, 0.29) is 12.1 Å². The van der Waals surface area contributed by atoms with Crippen LogP contribution in [0.3, 0.4) is 0 Å². The minimum Gasteiger partial charge on any atom is -0.496 e. The van der Waals surface area contributed by atoms with Crippen LogP contribution in [0.1, 0.15) is 18.5 Å². The molecule has 2 rings (SSSR count). The lowest BCUT2D eigenvalue weighted by Gasteiger charge is -2.18. The SMILES string of the molecule is COc1ccccc1NC(=O)N[C@H](C)c1ccccc1OC. The molecule has 0 saturated carbocycles. The van der Waals surface area contributed by atoms with Gasteiger partial charge >= 0.3 is 6.03 Å². The van der Waals surface area contributed by atoms with Gasteiger partial charge in [0.15, 0.2) is 0 Å². The Hall–Kier alpha value is -2.69. The molecule has 1 atom stereocenters. The maximum absolute atomic E-state index is 12.1. The number of amides is 2. The molecule has 0 saturated heterocycles. The lowest BCUT2D eigenvalue weighted by molar-refractivity contribution is 0.249. The molecule has 0 aromatic heterocycles. The zero-order chi connectivity index (χ0) is 15.9. The molecule has 0 aliphatic heterocycles. The molecule has 2 aromatic rings. The third-order valence-corrected chi connectivity index (χ3v) is 3.31. The second-order valence-electron chi connectivity index (χ2n) is 4.76. The van der Waals surface area contributed by atoms with Crippen LogP contribution >= 0.6 is 0 Å². The Balaban J connectivity index is 2.05. The largest absolute Gasteiger partial charge is 0.496 e. The van der Waals surface area contributed by atoms with Crippen LogP contribution in [0.25, 0.3) is 0 Å². The van der Waals surface area contributed by atoms with Gasteiger partial charge < -0.3 is 20.1 Å². The first-order valence-corrected chi connectivity index (χ1v) is 6.99. The number of methoxy groups -OCH3 is 2. The lowest BCUT2D eigenvalue weighted by atomic mass is 10.1. The van der Waals surface area contributed by atoms with E-state index >= 15 is 0 Å². The summed E-state index contributed by atoms with van der Waals surface area (Å²) in [6.07, 6.45) is 0. The number of rotatable bonds is 5. The Morgan fingerprint density at radius 1 is 0.955 bits per heavy atom. The van der Waals surface area contributed by atoms with Gasteiger partial charge in [-0.15, -0.1) is 0 Å². The van der Waals surface area contributed by atoms with E-state index in [2.05, 4.69) is 10.6 Å². The van der Waals surface area contributed by atoms with Crippen molar-refractivity contribution in [3.8, 4) is 11.5 Å². The molecule has 0 radical (unpaired) electrons. The van der Waals surface area contributed by atoms with E-state index in [0.29, 0.717) is 11.4 Å². The fourth-order valence-electron chi connectivity index (χ4n) is 2.20. The van der Waals surface area contributed by atoms with E-state index in [4.69, 9.17) is 9.47 Å². The van der Waals surface area contributed by atoms with Crippen molar-refractivity contribution in [2.24, 2.45) is 0 Å². The van der Waals surface area contributed by atoms with E-state index in [9.17, 15) is 4.79 Å². The third-order valence-electron chi connectivity index (χ3n) is 3.31. The van der Waals surface area contributed by atoms with Gasteiger partial charge in [-0.05, 0) is 25.1 Å². The van der Waals surface area contributed by atoms with Crippen LogP contribution < -0.4 is 20.1 Å². The molecule has 0 unspecified atom stereocenters. The molecule has 0 aliphatic carbocycles. The van der Waals surface area contributed by atoms with Gasteiger partial charge in [0.1, 0.15) is 11.5 Å². The van der Waals surface area contributed by atoms with Crippen LogP contribution in [0.4, 0.5) is 10.5 Å². The molecule has 2 amide bonds. The van der Waals surface area contributed by atoms with E-state index in [0.717, 1.165) is 11.3 Å². The van der Waals surface area contributed by atoms with E-state index in [1.165, 1.54) is 0 Å². The second-order valence-corrected chi connectivity index (χ2v) is 4.76. The molecule has 0 heterocycles. The topological polar surface area (TPSA) is 59.6 Å². The monoisotopic (exact) mass is 300 g/mol. The van der Waals surface area contributed by atoms with Crippen molar-refractivity contribution >= 4 is 11.7 Å². The molecular formula is C17H20N2O3. The van der Waals surface area contributed by atoms with Gasteiger partial charge in [0.05, 0.1) is 25.9 Å². The van der Waals surface area contributed by atoms with Crippen molar-refractivity contribution in [3.05, 3.63) is 54.1 Å². The van der Waals surface area contributed by atoms with Crippen LogP contribution in [0.2, 0.25) is 0 Å². The fraction of sp³-hybridized carbons (Fsp3) is 0.235. The van der Waals surface area contributed by atoms with Gasteiger partial charge in [-0.3, -0.25) is 0 Å². The molecule has 0 aliphatic rings. The van der Waals surface area contributed by atoms with E-state index < -0.39 is 0 Å². The highest BCUT2D eigenvalue weighted by Crippen LogP contribution is 2.25. The average Bonchev–Trinajstić information content (AvgIpc) is 2.55. The number of carbonyl (C=O) groups is 1. The smallest absolute Gasteiger partial charge is 0.319 e. The predicted molar refractivity (Wildman–Crippen MR) is 86.6 cm³/mol. The van der Waals surface area contributed by atoms with Gasteiger partial charge in [0, 0.05) is 5.56 Å². The number of hydrogen-bond donors (Lipinski definition) is 2. The number of hydrogen-bond acceptors (Lipinski definition) is 3. The zero-order valence-corrected chi connectivity index (χ0v) is 12.9. The first kappa shape index (κ1) is 15.7. The van der Waals surface area contributed by atoms with Crippen molar-refractivity contribution in [2.45, 2.75) is 13.0 Å². The molecule has 0 bridgehead atoms. The Bertz CT molecular complexity index is 643. The number of ether oxygens (including phenoxy) is 2. The molecule has 0 fully saturated rings. The van der Waals surface area contributed by atoms with E-state index in [1.807, 2.05) is 43.3 Å². The van der Waals surface area contributed by atoms with Crippen LogP contribution in [0.15, 0.2) is 48.5 Å². The van der Waals surface area contributed by atoms with Crippen molar-refractivity contribution in [1.82, 2.24) is 5.32 Å². The summed E-state index contributed by atoms with van der Waals surface area (Å²) < 4.78 is 10.5. The minimum atomic E-state index is -0.303. The summed E-state index contributed by atoms with van der Waals surface area (Å²) in [5.41, 5.74) is 1.54. The molecule has 0 spiro atoms. The molecule has 2 aromatic carbocycles. The summed E-state index contributed by atoms with van der Waals surface area (Å²) in [5.74, 6) is 1.36. The highest BCUT2D eigenvalue weighted by Gasteiger charge is 2.14. The minimum absolute atomic E-state index is 0.189. The molecule has 2 N–H and O–H groups in total. The molecular weight excluding hydrogens is 280 g/mol. The Kier molecular flexibility index (Phi) is 5.25. The first-order valence-electron chi connectivity index (χ1n) is 6.99. The van der Waals surface area contributed by atoms with Gasteiger partial charge in [0.25, 0.3) is 0 Å².